The van der Waals surface area contributed by atoms with Gasteiger partial charge in [-0.3, -0.25) is 4.79 Å². The Labute approximate surface area is 95.5 Å². The molecule has 1 N–H and O–H groups in total. The lowest BCUT2D eigenvalue weighted by Gasteiger charge is -2.13. The van der Waals surface area contributed by atoms with Crippen LogP contribution >= 0.6 is 0 Å². The number of rotatable bonds is 7. The summed E-state index contributed by atoms with van der Waals surface area (Å²) in [5.74, 6) is -0.805. The van der Waals surface area contributed by atoms with Crippen LogP contribution in [0.4, 0.5) is 0 Å². The van der Waals surface area contributed by atoms with Crippen LogP contribution in [0.25, 0.3) is 0 Å². The van der Waals surface area contributed by atoms with Crippen molar-refractivity contribution in [1.29, 1.82) is 0 Å². The monoisotopic (exact) mass is 227 g/mol. The summed E-state index contributed by atoms with van der Waals surface area (Å²) in [7, 11) is 0. The zero-order chi connectivity index (χ0) is 12.4. The van der Waals surface area contributed by atoms with Crippen molar-refractivity contribution in [2.75, 3.05) is 13.2 Å². The number of hydrogen-bond acceptors (Lipinski definition) is 5. The Morgan fingerprint density at radius 1 is 1.31 bits per heavy atom. The van der Waals surface area contributed by atoms with Gasteiger partial charge < -0.3 is 14.8 Å². The van der Waals surface area contributed by atoms with Gasteiger partial charge in [0.15, 0.2) is 0 Å². The molecule has 0 saturated heterocycles. The Bertz CT molecular complexity index is 270. The van der Waals surface area contributed by atoms with Crippen molar-refractivity contribution in [2.24, 2.45) is 0 Å². The molecule has 0 aliphatic rings. The molecule has 0 bridgehead atoms. The van der Waals surface area contributed by atoms with Crippen LogP contribution in [0.3, 0.4) is 0 Å². The average molecular weight is 227 g/mol. The molecule has 0 rings (SSSR count). The molecule has 1 atom stereocenters. The SMILES string of the molecule is C#CN[C@@H](CCC(=O)OCC)C(=O)OCC. The number of nitrogens with one attached hydrogen (secondary N) is 1. The van der Waals surface area contributed by atoms with Crippen molar-refractivity contribution in [2.45, 2.75) is 32.7 Å². The number of carbonyl (C=O) groups excluding carboxylic acids is 2. The summed E-state index contributed by atoms with van der Waals surface area (Å²) in [4.78, 5) is 22.4. The first kappa shape index (κ1) is 14.3. The van der Waals surface area contributed by atoms with Crippen molar-refractivity contribution < 1.29 is 19.1 Å². The molecular formula is C11H17NO4. The van der Waals surface area contributed by atoms with Gasteiger partial charge in [0.25, 0.3) is 0 Å². The average Bonchev–Trinajstić information content (AvgIpc) is 2.24. The molecule has 0 saturated carbocycles. The Morgan fingerprint density at radius 2 is 1.94 bits per heavy atom. The second-order valence-electron chi connectivity index (χ2n) is 2.94. The second-order valence-corrected chi connectivity index (χ2v) is 2.94. The quantitative estimate of drug-likeness (QED) is 0.388. The van der Waals surface area contributed by atoms with E-state index in [4.69, 9.17) is 15.9 Å². The van der Waals surface area contributed by atoms with Crippen LogP contribution in [0.15, 0.2) is 0 Å². The molecular weight excluding hydrogens is 210 g/mol. The summed E-state index contributed by atoms with van der Waals surface area (Å²) < 4.78 is 9.54. The van der Waals surface area contributed by atoms with Gasteiger partial charge in [0.05, 0.1) is 13.2 Å². The molecule has 0 unspecified atom stereocenters. The fourth-order valence-corrected chi connectivity index (χ4v) is 1.09. The highest BCUT2D eigenvalue weighted by molar-refractivity contribution is 5.77. The van der Waals surface area contributed by atoms with Gasteiger partial charge in [-0.25, -0.2) is 4.79 Å². The third kappa shape index (κ3) is 5.91. The summed E-state index contributed by atoms with van der Waals surface area (Å²) in [5, 5.41) is 2.51. The fourth-order valence-electron chi connectivity index (χ4n) is 1.09. The zero-order valence-electron chi connectivity index (χ0n) is 9.62. The van der Waals surface area contributed by atoms with Gasteiger partial charge in [0.2, 0.25) is 0 Å². The lowest BCUT2D eigenvalue weighted by molar-refractivity contribution is -0.146. The van der Waals surface area contributed by atoms with Crippen molar-refractivity contribution in [1.82, 2.24) is 5.32 Å². The number of hydrogen-bond donors (Lipinski definition) is 1. The largest absolute Gasteiger partial charge is 0.466 e. The van der Waals surface area contributed by atoms with E-state index in [0.717, 1.165) is 0 Å². The summed E-state index contributed by atoms with van der Waals surface area (Å²) in [5.41, 5.74) is 0. The Balaban J connectivity index is 4.08. The van der Waals surface area contributed by atoms with E-state index in [0.29, 0.717) is 6.61 Å². The van der Waals surface area contributed by atoms with Crippen molar-refractivity contribution in [3.63, 3.8) is 0 Å². The molecule has 90 valence electrons. The molecule has 16 heavy (non-hydrogen) atoms. The minimum absolute atomic E-state index is 0.131. The summed E-state index contributed by atoms with van der Waals surface area (Å²) >= 11 is 0. The van der Waals surface area contributed by atoms with Crippen LogP contribution < -0.4 is 5.32 Å². The predicted molar refractivity (Wildman–Crippen MR) is 58.3 cm³/mol. The number of ether oxygens (including phenoxy) is 2. The van der Waals surface area contributed by atoms with Crippen LogP contribution in [0.5, 0.6) is 0 Å². The van der Waals surface area contributed by atoms with E-state index in [2.05, 4.69) is 11.4 Å². The van der Waals surface area contributed by atoms with Crippen LogP contribution in [0, 0.1) is 12.5 Å². The van der Waals surface area contributed by atoms with Crippen LogP contribution in [-0.2, 0) is 19.1 Å². The molecule has 0 heterocycles. The molecule has 0 aliphatic heterocycles. The maximum Gasteiger partial charge on any atom is 0.329 e. The van der Waals surface area contributed by atoms with Crippen LogP contribution in [0.2, 0.25) is 0 Å². The van der Waals surface area contributed by atoms with Gasteiger partial charge in [-0.15, -0.1) is 0 Å². The molecule has 0 aliphatic carbocycles. The minimum atomic E-state index is -0.658. The van der Waals surface area contributed by atoms with Crippen LogP contribution in [0.1, 0.15) is 26.7 Å². The van der Waals surface area contributed by atoms with E-state index in [1.165, 1.54) is 0 Å². The first-order valence-electron chi connectivity index (χ1n) is 5.19. The van der Waals surface area contributed by atoms with Gasteiger partial charge >= 0.3 is 11.9 Å². The zero-order valence-corrected chi connectivity index (χ0v) is 9.62. The maximum atomic E-state index is 11.4. The van der Waals surface area contributed by atoms with E-state index < -0.39 is 12.0 Å². The lowest BCUT2D eigenvalue weighted by Crippen LogP contribution is -2.35. The first-order chi connectivity index (χ1) is 7.65. The number of terminal acetylenes is 1. The van der Waals surface area contributed by atoms with Gasteiger partial charge in [-0.1, -0.05) is 6.42 Å². The van der Waals surface area contributed by atoms with Crippen molar-refractivity contribution in [3.05, 3.63) is 0 Å². The van der Waals surface area contributed by atoms with Gasteiger partial charge in [-0.2, -0.15) is 0 Å². The highest BCUT2D eigenvalue weighted by atomic mass is 16.5. The Kier molecular flexibility index (Phi) is 7.68. The van der Waals surface area contributed by atoms with Gasteiger partial charge in [-0.05, 0) is 20.3 Å². The summed E-state index contributed by atoms with van der Waals surface area (Å²) in [6.07, 6.45) is 5.44. The summed E-state index contributed by atoms with van der Waals surface area (Å²) in [6, 6.07) is 1.50. The third-order valence-electron chi connectivity index (χ3n) is 1.77. The second kappa shape index (κ2) is 8.60. The van der Waals surface area contributed by atoms with Crippen molar-refractivity contribution in [3.8, 4) is 12.5 Å². The molecule has 5 heteroatoms. The maximum absolute atomic E-state index is 11.4. The molecule has 0 aromatic carbocycles. The Morgan fingerprint density at radius 3 is 2.44 bits per heavy atom. The molecule has 5 nitrogen and oxygen atoms in total. The van der Waals surface area contributed by atoms with Gasteiger partial charge in [0, 0.05) is 12.5 Å². The number of esters is 2. The standard InChI is InChI=1S/C11H17NO4/c1-4-12-9(11(14)16-6-3)7-8-10(13)15-5-2/h1,9,12H,5-8H2,2-3H3/t9-/m0/s1. The van der Waals surface area contributed by atoms with Crippen LogP contribution in [-0.4, -0.2) is 31.2 Å². The van der Waals surface area contributed by atoms with E-state index in [9.17, 15) is 9.59 Å². The van der Waals surface area contributed by atoms with Gasteiger partial charge in [0.1, 0.15) is 6.04 Å². The molecule has 0 aromatic heterocycles. The third-order valence-corrected chi connectivity index (χ3v) is 1.77. The van der Waals surface area contributed by atoms with E-state index in [-0.39, 0.29) is 25.4 Å². The highest BCUT2D eigenvalue weighted by Gasteiger charge is 2.19. The van der Waals surface area contributed by atoms with E-state index in [1.54, 1.807) is 13.8 Å². The summed E-state index contributed by atoms with van der Waals surface area (Å²) in [6.45, 7) is 4.03. The minimum Gasteiger partial charge on any atom is -0.466 e. The first-order valence-corrected chi connectivity index (χ1v) is 5.19. The molecule has 0 spiro atoms. The smallest absolute Gasteiger partial charge is 0.329 e. The fraction of sp³-hybridized carbons (Fsp3) is 0.636. The van der Waals surface area contributed by atoms with E-state index in [1.807, 2.05) is 0 Å². The molecule has 0 aromatic rings. The normalized spacial score (nSPS) is 11.1. The molecule has 0 radical (unpaired) electrons. The molecule has 0 amide bonds. The predicted octanol–water partition coefficient (Wildman–Crippen LogP) is 0.442. The van der Waals surface area contributed by atoms with Crippen molar-refractivity contribution >= 4 is 11.9 Å². The van der Waals surface area contributed by atoms with E-state index >= 15 is 0 Å². The molecule has 0 fully saturated rings. The Hall–Kier alpha value is -1.70. The topological polar surface area (TPSA) is 64.6 Å². The highest BCUT2D eigenvalue weighted by Crippen LogP contribution is 2.01. The lowest BCUT2D eigenvalue weighted by atomic mass is 10.1. The number of carbonyl (C=O) groups is 2.